The van der Waals surface area contributed by atoms with Crippen molar-refractivity contribution < 1.29 is 17.9 Å². The van der Waals surface area contributed by atoms with Crippen molar-refractivity contribution in [1.29, 1.82) is 0 Å². The normalized spacial score (nSPS) is 12.1. The molecule has 6 nitrogen and oxygen atoms in total. The minimum atomic E-state index is -4.73. The van der Waals surface area contributed by atoms with E-state index in [1.165, 1.54) is 12.1 Å². The van der Waals surface area contributed by atoms with Crippen LogP contribution >= 0.6 is 0 Å². The quantitative estimate of drug-likeness (QED) is 0.540. The van der Waals surface area contributed by atoms with E-state index in [0.717, 1.165) is 12.1 Å². The number of benzene rings is 1. The van der Waals surface area contributed by atoms with Gasteiger partial charge in [-0.15, -0.1) is 13.2 Å². The number of halogens is 3. The van der Waals surface area contributed by atoms with Crippen LogP contribution in [0.15, 0.2) is 34.3 Å². The largest absolute Gasteiger partial charge is 0.573 e. The van der Waals surface area contributed by atoms with Crippen LogP contribution in [0.1, 0.15) is 0 Å². The van der Waals surface area contributed by atoms with E-state index in [1.54, 1.807) is 0 Å². The number of rotatable bonds is 2. The second kappa shape index (κ2) is 5.25. The standard InChI is InChI=1S/C9H10F3N5O/c10-9(11,12)18-6-3-1-5(2-4-6)16-8(15)17-7(13)14/h1-4H,(H6,13,14,15,16,17). The molecule has 0 atom stereocenters. The molecule has 0 amide bonds. The van der Waals surface area contributed by atoms with Gasteiger partial charge >= 0.3 is 6.36 Å². The van der Waals surface area contributed by atoms with Gasteiger partial charge in [0, 0.05) is 0 Å². The third-order valence-electron chi connectivity index (χ3n) is 1.56. The molecule has 0 fully saturated rings. The zero-order valence-corrected chi connectivity index (χ0v) is 8.98. The highest BCUT2D eigenvalue weighted by molar-refractivity contribution is 5.93. The molecule has 0 heterocycles. The number of hydrogen-bond acceptors (Lipinski definition) is 2. The summed E-state index contributed by atoms with van der Waals surface area (Å²) in [6.07, 6.45) is -4.73. The summed E-state index contributed by atoms with van der Waals surface area (Å²) in [6, 6.07) is 4.73. The molecule has 0 radical (unpaired) electrons. The summed E-state index contributed by atoms with van der Waals surface area (Å²) in [7, 11) is 0. The monoisotopic (exact) mass is 261 g/mol. The fourth-order valence-corrected chi connectivity index (χ4v) is 1.01. The molecule has 6 N–H and O–H groups in total. The number of nitrogens with zero attached hydrogens (tertiary/aromatic N) is 2. The summed E-state index contributed by atoms with van der Waals surface area (Å²) in [4.78, 5) is 7.19. The maximum atomic E-state index is 11.9. The minimum Gasteiger partial charge on any atom is -0.406 e. The lowest BCUT2D eigenvalue weighted by Gasteiger charge is -2.08. The maximum Gasteiger partial charge on any atom is 0.573 e. The van der Waals surface area contributed by atoms with Gasteiger partial charge in [-0.3, -0.25) is 0 Å². The van der Waals surface area contributed by atoms with E-state index in [2.05, 4.69) is 14.7 Å². The number of alkyl halides is 3. The fraction of sp³-hybridized carbons (Fsp3) is 0.111. The van der Waals surface area contributed by atoms with Crippen molar-refractivity contribution >= 4 is 17.6 Å². The van der Waals surface area contributed by atoms with Gasteiger partial charge in [-0.1, -0.05) is 0 Å². The molecular formula is C9H10F3N5O. The maximum absolute atomic E-state index is 11.9. The van der Waals surface area contributed by atoms with E-state index < -0.39 is 6.36 Å². The van der Waals surface area contributed by atoms with Crippen LogP contribution in [-0.4, -0.2) is 18.3 Å². The summed E-state index contributed by atoms with van der Waals surface area (Å²) >= 11 is 0. The molecule has 0 saturated heterocycles. The number of guanidine groups is 2. The summed E-state index contributed by atoms with van der Waals surface area (Å²) in [5.74, 6) is -0.838. The number of nitrogens with two attached hydrogens (primary N) is 3. The van der Waals surface area contributed by atoms with Crippen LogP contribution < -0.4 is 21.9 Å². The van der Waals surface area contributed by atoms with Crippen LogP contribution in [0, 0.1) is 0 Å². The molecule has 9 heteroatoms. The van der Waals surface area contributed by atoms with E-state index >= 15 is 0 Å². The van der Waals surface area contributed by atoms with Crippen molar-refractivity contribution in [3.05, 3.63) is 24.3 Å². The molecule has 98 valence electrons. The lowest BCUT2D eigenvalue weighted by molar-refractivity contribution is -0.274. The highest BCUT2D eigenvalue weighted by Crippen LogP contribution is 2.24. The van der Waals surface area contributed by atoms with Gasteiger partial charge < -0.3 is 21.9 Å². The minimum absolute atomic E-state index is 0.209. The Morgan fingerprint density at radius 1 is 1.06 bits per heavy atom. The van der Waals surface area contributed by atoms with E-state index in [-0.39, 0.29) is 23.4 Å². The van der Waals surface area contributed by atoms with E-state index in [0.29, 0.717) is 0 Å². The molecule has 0 saturated carbocycles. The summed E-state index contributed by atoms with van der Waals surface area (Å²) < 4.78 is 39.3. The lowest BCUT2D eigenvalue weighted by Crippen LogP contribution is -2.26. The van der Waals surface area contributed by atoms with Gasteiger partial charge in [-0.25, -0.2) is 4.99 Å². The molecule has 0 unspecified atom stereocenters. The Hall–Kier alpha value is -2.45. The zero-order valence-electron chi connectivity index (χ0n) is 8.98. The predicted octanol–water partition coefficient (Wildman–Crippen LogP) is 0.805. The second-order valence-electron chi connectivity index (χ2n) is 3.05. The lowest BCUT2D eigenvalue weighted by atomic mass is 10.3. The second-order valence-corrected chi connectivity index (χ2v) is 3.05. The van der Waals surface area contributed by atoms with Crippen LogP contribution in [0.3, 0.4) is 0 Å². The van der Waals surface area contributed by atoms with Gasteiger partial charge in [0.1, 0.15) is 5.75 Å². The number of hydrogen-bond donors (Lipinski definition) is 3. The van der Waals surface area contributed by atoms with Gasteiger partial charge in [0.25, 0.3) is 0 Å². The van der Waals surface area contributed by atoms with Gasteiger partial charge in [-0.2, -0.15) is 4.99 Å². The molecule has 0 aliphatic carbocycles. The van der Waals surface area contributed by atoms with Crippen LogP contribution in [0.4, 0.5) is 18.9 Å². The van der Waals surface area contributed by atoms with E-state index in [1.807, 2.05) is 0 Å². The molecule has 1 rings (SSSR count). The Morgan fingerprint density at radius 2 is 1.61 bits per heavy atom. The van der Waals surface area contributed by atoms with Crippen molar-refractivity contribution in [1.82, 2.24) is 0 Å². The molecule has 1 aromatic carbocycles. The van der Waals surface area contributed by atoms with Gasteiger partial charge in [0.2, 0.25) is 5.96 Å². The zero-order chi connectivity index (χ0) is 13.8. The first-order valence-corrected chi connectivity index (χ1v) is 4.56. The highest BCUT2D eigenvalue weighted by Gasteiger charge is 2.30. The van der Waals surface area contributed by atoms with Crippen molar-refractivity contribution in [2.75, 3.05) is 0 Å². The molecule has 0 aliphatic rings. The third-order valence-corrected chi connectivity index (χ3v) is 1.56. The summed E-state index contributed by atoms with van der Waals surface area (Å²) in [5, 5.41) is 0. The van der Waals surface area contributed by atoms with Crippen LogP contribution in [0.5, 0.6) is 5.75 Å². The molecule has 1 aromatic rings. The van der Waals surface area contributed by atoms with Crippen molar-refractivity contribution in [3.63, 3.8) is 0 Å². The van der Waals surface area contributed by atoms with Gasteiger partial charge in [0.15, 0.2) is 5.96 Å². The molecule has 18 heavy (non-hydrogen) atoms. The average Bonchev–Trinajstić information content (AvgIpc) is 2.17. The Kier molecular flexibility index (Phi) is 3.97. The first-order valence-electron chi connectivity index (χ1n) is 4.56. The fourth-order valence-electron chi connectivity index (χ4n) is 1.01. The van der Waals surface area contributed by atoms with Crippen molar-refractivity contribution in [2.24, 2.45) is 27.2 Å². The molecule has 0 aromatic heterocycles. The van der Waals surface area contributed by atoms with E-state index in [9.17, 15) is 13.2 Å². The summed E-state index contributed by atoms with van der Waals surface area (Å²) in [5.41, 5.74) is 15.7. The Balaban J connectivity index is 2.81. The van der Waals surface area contributed by atoms with E-state index in [4.69, 9.17) is 17.2 Å². The molecule has 0 aliphatic heterocycles. The van der Waals surface area contributed by atoms with Gasteiger partial charge in [0.05, 0.1) is 5.69 Å². The Labute approximate surface area is 99.9 Å². The SMILES string of the molecule is NC(N)=NC(N)=Nc1ccc(OC(F)(F)F)cc1. The molecule has 0 bridgehead atoms. The molecule has 0 spiro atoms. The highest BCUT2D eigenvalue weighted by atomic mass is 19.4. The summed E-state index contributed by atoms with van der Waals surface area (Å²) in [6.45, 7) is 0. The topological polar surface area (TPSA) is 112 Å². The molecular weight excluding hydrogens is 251 g/mol. The van der Waals surface area contributed by atoms with Crippen LogP contribution in [-0.2, 0) is 0 Å². The average molecular weight is 261 g/mol. The van der Waals surface area contributed by atoms with Crippen molar-refractivity contribution in [3.8, 4) is 5.75 Å². The predicted molar refractivity (Wildman–Crippen MR) is 60.2 cm³/mol. The third kappa shape index (κ3) is 5.05. The van der Waals surface area contributed by atoms with Crippen molar-refractivity contribution in [2.45, 2.75) is 6.36 Å². The number of ether oxygens (including phenoxy) is 1. The smallest absolute Gasteiger partial charge is 0.406 e. The Morgan fingerprint density at radius 3 is 2.06 bits per heavy atom. The van der Waals surface area contributed by atoms with Gasteiger partial charge in [-0.05, 0) is 24.3 Å². The van der Waals surface area contributed by atoms with Crippen LogP contribution in [0.25, 0.3) is 0 Å². The first kappa shape index (κ1) is 13.6. The number of aliphatic imine (C=N–C) groups is 2. The first-order chi connectivity index (χ1) is 8.26. The van der Waals surface area contributed by atoms with Crippen LogP contribution in [0.2, 0.25) is 0 Å². The Bertz CT molecular complexity index is 462.